The van der Waals surface area contributed by atoms with Gasteiger partial charge in [-0.2, -0.15) is 0 Å². The van der Waals surface area contributed by atoms with Gasteiger partial charge < -0.3 is 0 Å². The monoisotopic (exact) mass is 110 g/mol. The minimum atomic E-state index is 1.18. The molecule has 0 N–H and O–H groups in total. The zero-order valence-corrected chi connectivity index (χ0v) is 5.59. The minimum absolute atomic E-state index is 1.18. The van der Waals surface area contributed by atoms with Gasteiger partial charge >= 0.3 is 64.4 Å². The standard InChI is InChI=1S/C8H7.Li/c1-2-8-6-4-3-5-7-8;/h2,4-7H,1H2;. The average Bonchev–Trinajstić information content (AvgIpc) is 1.90. The molecule has 0 saturated carbocycles. The molecule has 0 aliphatic carbocycles. The van der Waals surface area contributed by atoms with Crippen LogP contribution in [0.2, 0.25) is 0 Å². The van der Waals surface area contributed by atoms with Crippen LogP contribution in [0.1, 0.15) is 5.56 Å². The first kappa shape index (κ1) is 6.67. The summed E-state index contributed by atoms with van der Waals surface area (Å²) in [5, 5.41) is 0. The van der Waals surface area contributed by atoms with Gasteiger partial charge in [-0.15, -0.1) is 0 Å². The molecule has 0 nitrogen and oxygen atoms in total. The zero-order chi connectivity index (χ0) is 6.69. The molecule has 0 bridgehead atoms. The molecule has 1 aromatic carbocycles. The molecule has 9 heavy (non-hydrogen) atoms. The number of hydrogen-bond donors (Lipinski definition) is 0. The summed E-state index contributed by atoms with van der Waals surface area (Å²) in [5.74, 6) is 0. The van der Waals surface area contributed by atoms with Gasteiger partial charge in [0.15, 0.2) is 0 Å². The van der Waals surface area contributed by atoms with Crippen molar-refractivity contribution in [3.05, 3.63) is 36.4 Å². The molecule has 40 valence electrons. The van der Waals surface area contributed by atoms with Crippen LogP contribution in [-0.2, 0) is 0 Å². The second kappa shape index (κ2) is 2.92. The van der Waals surface area contributed by atoms with Gasteiger partial charge in [0.1, 0.15) is 0 Å². The summed E-state index contributed by atoms with van der Waals surface area (Å²) in [6, 6.07) is 8.28. The summed E-state index contributed by atoms with van der Waals surface area (Å²) in [6.45, 7) is 3.66. The van der Waals surface area contributed by atoms with Crippen LogP contribution in [0.25, 0.3) is 6.08 Å². The van der Waals surface area contributed by atoms with Crippen molar-refractivity contribution in [2.24, 2.45) is 0 Å². The van der Waals surface area contributed by atoms with Crippen molar-refractivity contribution in [2.75, 3.05) is 0 Å². The van der Waals surface area contributed by atoms with Crippen molar-refractivity contribution >= 4 is 28.0 Å². The van der Waals surface area contributed by atoms with Gasteiger partial charge in [-0.3, -0.25) is 0 Å². The molecular weight excluding hydrogens is 103 g/mol. The summed E-state index contributed by atoms with van der Waals surface area (Å²) in [5.41, 5.74) is 1.18. The molecule has 0 aliphatic heterocycles. The molecular formula is C8H7Li. The first-order valence-corrected chi connectivity index (χ1v) is 3.02. The second-order valence-corrected chi connectivity index (χ2v) is 2.11. The Balaban J connectivity index is 3.01. The summed E-state index contributed by atoms with van der Waals surface area (Å²) in [6.07, 6.45) is 1.85. The molecule has 0 fully saturated rings. The van der Waals surface area contributed by atoms with E-state index in [1.54, 1.807) is 0 Å². The van der Waals surface area contributed by atoms with E-state index in [1.165, 1.54) is 9.80 Å². The van der Waals surface area contributed by atoms with Crippen LogP contribution in [0.15, 0.2) is 30.8 Å². The number of rotatable bonds is 1. The fraction of sp³-hybridized carbons (Fsp3) is 0. The summed E-state index contributed by atoms with van der Waals surface area (Å²) in [7, 11) is 0. The number of benzene rings is 1. The van der Waals surface area contributed by atoms with E-state index in [-0.39, 0.29) is 0 Å². The van der Waals surface area contributed by atoms with Crippen LogP contribution < -0.4 is 4.24 Å². The maximum absolute atomic E-state index is 3.66. The third-order valence-corrected chi connectivity index (χ3v) is 1.31. The summed E-state index contributed by atoms with van der Waals surface area (Å²) >= 11 is 2.08. The second-order valence-electron chi connectivity index (χ2n) is 2.11. The zero-order valence-electron chi connectivity index (χ0n) is 5.59. The number of hydrogen-bond acceptors (Lipinski definition) is 0. The Labute approximate surface area is 64.8 Å². The average molecular weight is 110 g/mol. The van der Waals surface area contributed by atoms with E-state index in [4.69, 9.17) is 0 Å². The fourth-order valence-electron chi connectivity index (χ4n) is 0.703. The van der Waals surface area contributed by atoms with E-state index in [9.17, 15) is 0 Å². The Bertz CT molecular complexity index is 198. The topological polar surface area (TPSA) is 0 Å². The molecule has 0 unspecified atom stereocenters. The van der Waals surface area contributed by atoms with E-state index < -0.39 is 0 Å². The Kier molecular flexibility index (Phi) is 2.16. The molecule has 0 saturated heterocycles. The van der Waals surface area contributed by atoms with Crippen LogP contribution in [0.5, 0.6) is 0 Å². The van der Waals surface area contributed by atoms with Gasteiger partial charge in [-0.1, -0.05) is 0 Å². The summed E-state index contributed by atoms with van der Waals surface area (Å²) < 4.78 is 1.29. The van der Waals surface area contributed by atoms with Crippen LogP contribution in [0, 0.1) is 0 Å². The molecule has 0 heterocycles. The van der Waals surface area contributed by atoms with Gasteiger partial charge in [0, 0.05) is 0 Å². The molecule has 0 radical (unpaired) electrons. The van der Waals surface area contributed by atoms with Crippen molar-refractivity contribution in [1.82, 2.24) is 0 Å². The van der Waals surface area contributed by atoms with Crippen LogP contribution >= 0.6 is 0 Å². The van der Waals surface area contributed by atoms with E-state index >= 15 is 0 Å². The predicted octanol–water partition coefficient (Wildman–Crippen LogP) is 1.12. The first-order valence-electron chi connectivity index (χ1n) is 3.02. The van der Waals surface area contributed by atoms with Crippen molar-refractivity contribution < 1.29 is 0 Å². The molecule has 0 atom stereocenters. The van der Waals surface area contributed by atoms with E-state index in [0.29, 0.717) is 0 Å². The van der Waals surface area contributed by atoms with Crippen LogP contribution in [0.4, 0.5) is 0 Å². The van der Waals surface area contributed by atoms with Crippen molar-refractivity contribution in [3.63, 3.8) is 0 Å². The van der Waals surface area contributed by atoms with Crippen molar-refractivity contribution in [2.45, 2.75) is 0 Å². The van der Waals surface area contributed by atoms with Gasteiger partial charge in [0.2, 0.25) is 0 Å². The Morgan fingerprint density at radius 2 is 1.78 bits per heavy atom. The van der Waals surface area contributed by atoms with E-state index in [2.05, 4.69) is 48.6 Å². The Morgan fingerprint density at radius 1 is 1.22 bits per heavy atom. The van der Waals surface area contributed by atoms with Crippen LogP contribution in [-0.4, -0.2) is 17.7 Å². The van der Waals surface area contributed by atoms with Gasteiger partial charge in [0.05, 0.1) is 0 Å². The summed E-state index contributed by atoms with van der Waals surface area (Å²) in [4.78, 5) is 0. The van der Waals surface area contributed by atoms with Crippen molar-refractivity contribution in [1.29, 1.82) is 0 Å². The predicted molar refractivity (Wildman–Crippen MR) is 41.9 cm³/mol. The molecule has 0 aliphatic rings. The van der Waals surface area contributed by atoms with E-state index in [0.717, 1.165) is 0 Å². The van der Waals surface area contributed by atoms with Gasteiger partial charge in [0.25, 0.3) is 0 Å². The third-order valence-electron chi connectivity index (χ3n) is 1.31. The van der Waals surface area contributed by atoms with E-state index in [1.807, 2.05) is 6.08 Å². The Hall–Kier alpha value is -0.443. The molecule has 0 amide bonds. The SMILES string of the molecule is [Li][c]1ccc(C=C)cc1. The maximum atomic E-state index is 3.66. The Morgan fingerprint density at radius 3 is 2.22 bits per heavy atom. The molecule has 0 spiro atoms. The van der Waals surface area contributed by atoms with Crippen LogP contribution in [0.3, 0.4) is 0 Å². The molecule has 0 aromatic heterocycles. The van der Waals surface area contributed by atoms with Gasteiger partial charge in [-0.25, -0.2) is 0 Å². The molecule has 1 heteroatoms. The quantitative estimate of drug-likeness (QED) is 0.475. The molecule has 1 aromatic rings. The fourth-order valence-corrected chi connectivity index (χ4v) is 0.703. The third kappa shape index (κ3) is 1.75. The normalized spacial score (nSPS) is 9.11. The molecule has 1 rings (SSSR count). The first-order chi connectivity index (χ1) is 4.33. The van der Waals surface area contributed by atoms with Crippen molar-refractivity contribution in [3.8, 4) is 0 Å². The van der Waals surface area contributed by atoms with Gasteiger partial charge in [-0.05, 0) is 0 Å².